The molecule has 1 aromatic carbocycles. The van der Waals surface area contributed by atoms with Gasteiger partial charge in [0.2, 0.25) is 5.91 Å². The van der Waals surface area contributed by atoms with E-state index in [0.717, 1.165) is 12.8 Å². The van der Waals surface area contributed by atoms with Gasteiger partial charge in [0, 0.05) is 25.0 Å². The summed E-state index contributed by atoms with van der Waals surface area (Å²) >= 11 is 0. The number of nitrogens with zero attached hydrogens (tertiary/aromatic N) is 3. The quantitative estimate of drug-likeness (QED) is 0.606. The lowest BCUT2D eigenvalue weighted by Crippen LogP contribution is -2.36. The van der Waals surface area contributed by atoms with Gasteiger partial charge in [-0.15, -0.1) is 0 Å². The fraction of sp³-hybridized carbons (Fsp3) is 0.350. The fourth-order valence-electron chi connectivity index (χ4n) is 3.34. The zero-order chi connectivity index (χ0) is 20.5. The van der Waals surface area contributed by atoms with Crippen LogP contribution in [0.15, 0.2) is 36.7 Å². The Labute approximate surface area is 162 Å². The van der Waals surface area contributed by atoms with Crippen LogP contribution in [0.1, 0.15) is 49.5 Å². The number of amides is 2. The molecule has 1 aliphatic heterocycles. The number of fused-ring (bicyclic) bond motifs is 1. The second-order valence-electron chi connectivity index (χ2n) is 7.27. The number of hydrogen-bond acceptors (Lipinski definition) is 5. The smallest absolute Gasteiger partial charge is 0.294 e. The molecular formula is C20H22N4O4. The van der Waals surface area contributed by atoms with Crippen molar-refractivity contribution in [2.24, 2.45) is 0 Å². The summed E-state index contributed by atoms with van der Waals surface area (Å²) in [7, 11) is 0. The van der Waals surface area contributed by atoms with E-state index in [0.29, 0.717) is 17.8 Å². The van der Waals surface area contributed by atoms with E-state index < -0.39 is 16.2 Å². The molecule has 8 nitrogen and oxygen atoms in total. The molecule has 2 amide bonds. The van der Waals surface area contributed by atoms with E-state index in [1.807, 2.05) is 6.92 Å². The number of carbonyl (C=O) groups is 2. The number of nitro groups is 1. The third-order valence-corrected chi connectivity index (χ3v) is 4.96. The molecule has 1 aromatic heterocycles. The van der Waals surface area contributed by atoms with Crippen LogP contribution in [0.25, 0.3) is 0 Å². The predicted octanol–water partition coefficient (Wildman–Crippen LogP) is 3.67. The number of unbranched alkanes of at least 4 members (excludes halogenated alkanes) is 1. The lowest BCUT2D eigenvalue weighted by molar-refractivity contribution is -0.383. The zero-order valence-electron chi connectivity index (χ0n) is 16.1. The first-order chi connectivity index (χ1) is 13.3. The number of benzene rings is 1. The number of nitro benzene ring substituents is 1. The van der Waals surface area contributed by atoms with E-state index >= 15 is 0 Å². The topological polar surface area (TPSA) is 105 Å². The molecule has 0 fully saturated rings. The average molecular weight is 382 g/mol. The van der Waals surface area contributed by atoms with E-state index in [2.05, 4.69) is 10.3 Å². The molecule has 1 aliphatic rings. The number of pyridine rings is 1. The maximum Gasteiger partial charge on any atom is 0.294 e. The van der Waals surface area contributed by atoms with E-state index in [4.69, 9.17) is 0 Å². The number of carbonyl (C=O) groups excluding carboxylic acids is 2. The van der Waals surface area contributed by atoms with Crippen molar-refractivity contribution in [3.05, 3.63) is 57.9 Å². The molecular weight excluding hydrogens is 360 g/mol. The minimum absolute atomic E-state index is 0.0656. The van der Waals surface area contributed by atoms with Crippen molar-refractivity contribution >= 4 is 28.9 Å². The minimum Gasteiger partial charge on any atom is -0.316 e. The number of nitrogens with one attached hydrogen (secondary N) is 1. The Balaban J connectivity index is 2.06. The third-order valence-electron chi connectivity index (χ3n) is 4.96. The monoisotopic (exact) mass is 382 g/mol. The molecule has 3 rings (SSSR count). The maximum atomic E-state index is 12.9. The summed E-state index contributed by atoms with van der Waals surface area (Å²) in [5, 5.41) is 14.2. The molecule has 0 atom stereocenters. The highest BCUT2D eigenvalue weighted by Crippen LogP contribution is 2.46. The summed E-state index contributed by atoms with van der Waals surface area (Å²) in [6, 6.07) is 6.11. The summed E-state index contributed by atoms with van der Waals surface area (Å²) < 4.78 is 0. The van der Waals surface area contributed by atoms with Gasteiger partial charge in [-0.25, -0.2) is 0 Å². The predicted molar refractivity (Wildman–Crippen MR) is 106 cm³/mol. The van der Waals surface area contributed by atoms with Crippen molar-refractivity contribution in [2.75, 3.05) is 16.8 Å². The van der Waals surface area contributed by atoms with E-state index in [1.165, 1.54) is 18.5 Å². The lowest BCUT2D eigenvalue weighted by Gasteiger charge is -2.19. The van der Waals surface area contributed by atoms with E-state index in [-0.39, 0.29) is 22.8 Å². The highest BCUT2D eigenvalue weighted by Gasteiger charge is 2.45. The van der Waals surface area contributed by atoms with Crippen LogP contribution in [-0.4, -0.2) is 28.3 Å². The Morgan fingerprint density at radius 2 is 2.11 bits per heavy atom. The molecule has 146 valence electrons. The Kier molecular flexibility index (Phi) is 5.13. The fourth-order valence-corrected chi connectivity index (χ4v) is 3.34. The molecule has 28 heavy (non-hydrogen) atoms. The normalized spacial score (nSPS) is 14.7. The zero-order valence-corrected chi connectivity index (χ0v) is 16.1. The van der Waals surface area contributed by atoms with Crippen molar-refractivity contribution in [3.8, 4) is 0 Å². The standard InChI is InChI=1S/C20H22N4O4/c1-4-5-9-23-16-11-17(24(27)28)15(10-14(16)20(2,3)19(23)26)22-18(25)13-7-6-8-21-12-13/h6-8,10-12H,4-5,9H2,1-3H3,(H,22,25). The lowest BCUT2D eigenvalue weighted by atomic mass is 9.85. The van der Waals surface area contributed by atoms with E-state index in [9.17, 15) is 19.7 Å². The van der Waals surface area contributed by atoms with Crippen molar-refractivity contribution in [1.82, 2.24) is 4.98 Å². The summed E-state index contributed by atoms with van der Waals surface area (Å²) in [6.45, 7) is 6.10. The molecule has 2 aromatic rings. The molecule has 8 heteroatoms. The van der Waals surface area contributed by atoms with Crippen LogP contribution in [0.3, 0.4) is 0 Å². The van der Waals surface area contributed by atoms with E-state index in [1.54, 1.807) is 36.9 Å². The number of rotatable bonds is 6. The first-order valence-corrected chi connectivity index (χ1v) is 9.13. The molecule has 0 unspecified atom stereocenters. The highest BCUT2D eigenvalue weighted by molar-refractivity contribution is 6.10. The van der Waals surface area contributed by atoms with Crippen LogP contribution in [0.5, 0.6) is 0 Å². The van der Waals surface area contributed by atoms with Crippen molar-refractivity contribution < 1.29 is 14.5 Å². The van der Waals surface area contributed by atoms with Gasteiger partial charge in [-0.2, -0.15) is 0 Å². The second-order valence-corrected chi connectivity index (χ2v) is 7.27. The molecule has 0 bridgehead atoms. The number of hydrogen-bond donors (Lipinski definition) is 1. The van der Waals surface area contributed by atoms with Crippen molar-refractivity contribution in [3.63, 3.8) is 0 Å². The summed E-state index contributed by atoms with van der Waals surface area (Å²) in [5.41, 5.74) is 0.484. The van der Waals surface area contributed by atoms with Gasteiger partial charge in [-0.1, -0.05) is 13.3 Å². The maximum absolute atomic E-state index is 12.9. The van der Waals surface area contributed by atoms with Gasteiger partial charge in [0.25, 0.3) is 11.6 Å². The van der Waals surface area contributed by atoms with Gasteiger partial charge in [-0.05, 0) is 44.0 Å². The number of aromatic nitrogens is 1. The van der Waals surface area contributed by atoms with Gasteiger partial charge in [0.05, 0.1) is 21.6 Å². The molecule has 0 spiro atoms. The second kappa shape index (κ2) is 7.38. The summed E-state index contributed by atoms with van der Waals surface area (Å²) in [6.07, 6.45) is 4.62. The van der Waals surface area contributed by atoms with Gasteiger partial charge in [0.1, 0.15) is 5.69 Å². The van der Waals surface area contributed by atoms with Gasteiger partial charge >= 0.3 is 0 Å². The molecule has 1 N–H and O–H groups in total. The Morgan fingerprint density at radius 3 is 2.71 bits per heavy atom. The highest BCUT2D eigenvalue weighted by atomic mass is 16.6. The molecule has 0 saturated carbocycles. The average Bonchev–Trinajstić information content (AvgIpc) is 2.86. The largest absolute Gasteiger partial charge is 0.316 e. The van der Waals surface area contributed by atoms with Crippen LogP contribution in [0.4, 0.5) is 17.1 Å². The SMILES string of the molecule is CCCCN1C(=O)C(C)(C)c2cc(NC(=O)c3cccnc3)c([N+](=O)[O-])cc21. The summed E-state index contributed by atoms with van der Waals surface area (Å²) in [5.74, 6) is -0.595. The Morgan fingerprint density at radius 1 is 1.36 bits per heavy atom. The van der Waals surface area contributed by atoms with Crippen LogP contribution in [0, 0.1) is 10.1 Å². The van der Waals surface area contributed by atoms with Crippen LogP contribution in [0.2, 0.25) is 0 Å². The number of anilines is 2. The van der Waals surface area contributed by atoms with Crippen molar-refractivity contribution in [1.29, 1.82) is 0 Å². The Hall–Kier alpha value is -3.29. The molecule has 2 heterocycles. The van der Waals surface area contributed by atoms with Crippen LogP contribution in [-0.2, 0) is 10.2 Å². The van der Waals surface area contributed by atoms with Crippen molar-refractivity contribution in [2.45, 2.75) is 39.0 Å². The summed E-state index contributed by atoms with van der Waals surface area (Å²) in [4.78, 5) is 41.9. The van der Waals surface area contributed by atoms with Gasteiger partial charge in [-0.3, -0.25) is 24.7 Å². The first kappa shape index (κ1) is 19.5. The van der Waals surface area contributed by atoms with Crippen LogP contribution >= 0.6 is 0 Å². The molecule has 0 aliphatic carbocycles. The van der Waals surface area contributed by atoms with Crippen LogP contribution < -0.4 is 10.2 Å². The Bertz CT molecular complexity index is 941. The third kappa shape index (κ3) is 3.33. The van der Waals surface area contributed by atoms with Gasteiger partial charge < -0.3 is 10.2 Å². The first-order valence-electron chi connectivity index (χ1n) is 9.13. The molecule has 0 radical (unpaired) electrons. The minimum atomic E-state index is -0.827. The molecule has 0 saturated heterocycles. The van der Waals surface area contributed by atoms with Gasteiger partial charge in [0.15, 0.2) is 0 Å².